The summed E-state index contributed by atoms with van der Waals surface area (Å²) in [5, 5.41) is 4.30. The summed E-state index contributed by atoms with van der Waals surface area (Å²) in [7, 11) is 1.99. The lowest BCUT2D eigenvalue weighted by atomic mass is 10.2. The van der Waals surface area contributed by atoms with Gasteiger partial charge in [0.2, 0.25) is 0 Å². The molecule has 1 aromatic heterocycles. The van der Waals surface area contributed by atoms with Crippen LogP contribution in [0.15, 0.2) is 28.7 Å². The smallest absolute Gasteiger partial charge is 0.123 e. The highest BCUT2D eigenvalue weighted by molar-refractivity contribution is 9.10. The minimum absolute atomic E-state index is 1.06. The van der Waals surface area contributed by atoms with Gasteiger partial charge in [-0.3, -0.25) is 0 Å². The highest BCUT2D eigenvalue weighted by atomic mass is 79.9. The predicted octanol–water partition coefficient (Wildman–Crippen LogP) is 4.03. The minimum Gasteiger partial charge on any atom is -0.320 e. The lowest BCUT2D eigenvalue weighted by Gasteiger charge is -1.98. The molecule has 2 aromatic rings. The highest BCUT2D eigenvalue weighted by Crippen LogP contribution is 2.30. The van der Waals surface area contributed by atoms with E-state index < -0.39 is 0 Å². The van der Waals surface area contributed by atoms with Crippen molar-refractivity contribution in [2.75, 3.05) is 13.6 Å². The Morgan fingerprint density at radius 3 is 2.94 bits per heavy atom. The van der Waals surface area contributed by atoms with Crippen molar-refractivity contribution in [2.24, 2.45) is 0 Å². The second kappa shape index (κ2) is 6.45. The molecule has 0 amide bonds. The first-order valence-corrected chi connectivity index (χ1v) is 7.68. The van der Waals surface area contributed by atoms with Crippen molar-refractivity contribution < 1.29 is 0 Å². The maximum atomic E-state index is 4.68. The molecule has 0 saturated heterocycles. The van der Waals surface area contributed by atoms with E-state index in [-0.39, 0.29) is 0 Å². The molecule has 18 heavy (non-hydrogen) atoms. The van der Waals surface area contributed by atoms with Gasteiger partial charge in [0, 0.05) is 14.9 Å². The van der Waals surface area contributed by atoms with Crippen molar-refractivity contribution in [3.05, 3.63) is 39.3 Å². The lowest BCUT2D eigenvalue weighted by molar-refractivity contribution is 0.727. The molecular formula is C14H17BrN2S. The zero-order valence-corrected chi connectivity index (χ0v) is 13.1. The normalized spacial score (nSPS) is 10.8. The number of hydrogen-bond acceptors (Lipinski definition) is 3. The molecule has 0 fully saturated rings. The zero-order valence-electron chi connectivity index (χ0n) is 10.7. The quantitative estimate of drug-likeness (QED) is 0.840. The Hall–Kier alpha value is -0.710. The van der Waals surface area contributed by atoms with Crippen molar-refractivity contribution >= 4 is 27.3 Å². The SMILES string of the molecule is CNCCCc1sc(-c2cccc(Br)c2)nc1C. The van der Waals surface area contributed by atoms with Crippen LogP contribution in [0.25, 0.3) is 10.6 Å². The van der Waals surface area contributed by atoms with Crippen molar-refractivity contribution in [2.45, 2.75) is 19.8 Å². The van der Waals surface area contributed by atoms with Gasteiger partial charge < -0.3 is 5.32 Å². The van der Waals surface area contributed by atoms with E-state index in [0.29, 0.717) is 0 Å². The van der Waals surface area contributed by atoms with Crippen LogP contribution in [-0.2, 0) is 6.42 Å². The Labute approximate surface area is 121 Å². The number of halogens is 1. The molecule has 0 radical (unpaired) electrons. The summed E-state index contributed by atoms with van der Waals surface area (Å²) in [4.78, 5) is 6.08. The van der Waals surface area contributed by atoms with Crippen LogP contribution in [0.4, 0.5) is 0 Å². The van der Waals surface area contributed by atoms with Crippen LogP contribution in [0.5, 0.6) is 0 Å². The number of rotatable bonds is 5. The molecule has 4 heteroatoms. The molecule has 1 heterocycles. The maximum Gasteiger partial charge on any atom is 0.123 e. The van der Waals surface area contributed by atoms with Crippen LogP contribution in [-0.4, -0.2) is 18.6 Å². The Kier molecular flexibility index (Phi) is 4.92. The highest BCUT2D eigenvalue weighted by Gasteiger charge is 2.09. The van der Waals surface area contributed by atoms with E-state index in [1.807, 2.05) is 24.5 Å². The number of aromatic nitrogens is 1. The van der Waals surface area contributed by atoms with Gasteiger partial charge in [-0.25, -0.2) is 4.98 Å². The van der Waals surface area contributed by atoms with Gasteiger partial charge in [-0.05, 0) is 45.5 Å². The second-order valence-corrected chi connectivity index (χ2v) is 6.24. The standard InChI is InChI=1S/C14H17BrN2S/c1-10-13(7-4-8-16-2)18-14(17-10)11-5-3-6-12(15)9-11/h3,5-6,9,16H,4,7-8H2,1-2H3. The van der Waals surface area contributed by atoms with Crippen molar-refractivity contribution in [1.29, 1.82) is 0 Å². The van der Waals surface area contributed by atoms with Gasteiger partial charge in [0.25, 0.3) is 0 Å². The van der Waals surface area contributed by atoms with Gasteiger partial charge in [0.1, 0.15) is 5.01 Å². The van der Waals surface area contributed by atoms with Crippen LogP contribution in [0, 0.1) is 6.92 Å². The molecule has 0 aliphatic heterocycles. The zero-order chi connectivity index (χ0) is 13.0. The maximum absolute atomic E-state index is 4.68. The molecule has 0 unspecified atom stereocenters. The van der Waals surface area contributed by atoms with E-state index in [1.165, 1.54) is 16.1 Å². The van der Waals surface area contributed by atoms with Gasteiger partial charge in [-0.15, -0.1) is 11.3 Å². The van der Waals surface area contributed by atoms with Crippen molar-refractivity contribution in [1.82, 2.24) is 10.3 Å². The van der Waals surface area contributed by atoms with Gasteiger partial charge >= 0.3 is 0 Å². The minimum atomic E-state index is 1.06. The van der Waals surface area contributed by atoms with Crippen LogP contribution >= 0.6 is 27.3 Å². The average molecular weight is 325 g/mol. The molecule has 1 aromatic carbocycles. The van der Waals surface area contributed by atoms with E-state index in [9.17, 15) is 0 Å². The van der Waals surface area contributed by atoms with E-state index in [4.69, 9.17) is 0 Å². The second-order valence-electron chi connectivity index (χ2n) is 4.25. The number of nitrogens with zero attached hydrogens (tertiary/aromatic N) is 1. The molecule has 2 nitrogen and oxygen atoms in total. The first-order chi connectivity index (χ1) is 8.70. The lowest BCUT2D eigenvalue weighted by Crippen LogP contribution is -2.08. The van der Waals surface area contributed by atoms with Gasteiger partial charge in [-0.2, -0.15) is 0 Å². The molecule has 0 aliphatic carbocycles. The number of hydrogen-bond donors (Lipinski definition) is 1. The van der Waals surface area contributed by atoms with Crippen molar-refractivity contribution in [3.8, 4) is 10.6 Å². The van der Waals surface area contributed by atoms with E-state index in [0.717, 1.165) is 28.9 Å². The van der Waals surface area contributed by atoms with Crippen molar-refractivity contribution in [3.63, 3.8) is 0 Å². The fraction of sp³-hybridized carbons (Fsp3) is 0.357. The summed E-state index contributed by atoms with van der Waals surface area (Å²) >= 11 is 5.32. The summed E-state index contributed by atoms with van der Waals surface area (Å²) in [6.45, 7) is 3.16. The topological polar surface area (TPSA) is 24.9 Å². The Morgan fingerprint density at radius 2 is 2.22 bits per heavy atom. The van der Waals surface area contributed by atoms with Gasteiger partial charge in [-0.1, -0.05) is 28.1 Å². The first-order valence-electron chi connectivity index (χ1n) is 6.07. The van der Waals surface area contributed by atoms with E-state index in [2.05, 4.69) is 51.4 Å². The molecular weight excluding hydrogens is 308 g/mol. The Balaban J connectivity index is 2.18. The summed E-state index contributed by atoms with van der Waals surface area (Å²) in [6, 6.07) is 8.32. The number of nitrogens with one attached hydrogen (secondary N) is 1. The number of thiazole rings is 1. The van der Waals surface area contributed by atoms with Gasteiger partial charge in [0.05, 0.1) is 5.69 Å². The van der Waals surface area contributed by atoms with E-state index in [1.54, 1.807) is 0 Å². The molecule has 0 aliphatic rings. The van der Waals surface area contributed by atoms with E-state index >= 15 is 0 Å². The molecule has 0 atom stereocenters. The first kappa shape index (κ1) is 13.7. The number of benzene rings is 1. The summed E-state index contributed by atoms with van der Waals surface area (Å²) in [6.07, 6.45) is 2.27. The van der Waals surface area contributed by atoms with Crippen LogP contribution < -0.4 is 5.32 Å². The summed E-state index contributed by atoms with van der Waals surface area (Å²) in [5.41, 5.74) is 2.36. The van der Waals surface area contributed by atoms with Gasteiger partial charge in [0.15, 0.2) is 0 Å². The Morgan fingerprint density at radius 1 is 1.39 bits per heavy atom. The van der Waals surface area contributed by atoms with Crippen LogP contribution in [0.2, 0.25) is 0 Å². The predicted molar refractivity (Wildman–Crippen MR) is 82.2 cm³/mol. The third-order valence-electron chi connectivity index (χ3n) is 2.79. The van der Waals surface area contributed by atoms with Crippen LogP contribution in [0.1, 0.15) is 17.0 Å². The summed E-state index contributed by atoms with van der Waals surface area (Å²) < 4.78 is 1.10. The van der Waals surface area contributed by atoms with Crippen LogP contribution in [0.3, 0.4) is 0 Å². The molecule has 0 bridgehead atoms. The fourth-order valence-electron chi connectivity index (χ4n) is 1.83. The largest absolute Gasteiger partial charge is 0.320 e. The average Bonchev–Trinajstić information content (AvgIpc) is 2.72. The monoisotopic (exact) mass is 324 g/mol. The third-order valence-corrected chi connectivity index (χ3v) is 4.55. The molecule has 96 valence electrons. The summed E-state index contributed by atoms with van der Waals surface area (Å²) in [5.74, 6) is 0. The number of aryl methyl sites for hydroxylation is 2. The Bertz CT molecular complexity index is 522. The molecule has 0 spiro atoms. The molecule has 1 N–H and O–H groups in total. The molecule has 0 saturated carbocycles. The third kappa shape index (κ3) is 3.40. The molecule has 2 rings (SSSR count). The fourth-order valence-corrected chi connectivity index (χ4v) is 3.33.